The number of nitrogens with one attached hydrogen (secondary N) is 3. The minimum absolute atomic E-state index is 0.0894. The Morgan fingerprint density at radius 1 is 1.43 bits per heavy atom. The molecule has 3 N–H and O–H groups in total. The summed E-state index contributed by atoms with van der Waals surface area (Å²) in [7, 11) is 0. The van der Waals surface area contributed by atoms with Crippen molar-refractivity contribution in [3.05, 3.63) is 29.3 Å². The minimum atomic E-state index is -0.413. The van der Waals surface area contributed by atoms with Gasteiger partial charge in [-0.15, -0.1) is 0 Å². The largest absolute Gasteiger partial charge is 0.385 e. The molecule has 2 rings (SSSR count). The van der Waals surface area contributed by atoms with Crippen LogP contribution in [0.25, 0.3) is 0 Å². The van der Waals surface area contributed by atoms with E-state index in [0.717, 1.165) is 30.6 Å². The predicted molar refractivity (Wildman–Crippen MR) is 83.5 cm³/mol. The molecule has 1 aromatic rings. The van der Waals surface area contributed by atoms with Crippen molar-refractivity contribution in [3.8, 4) is 0 Å². The van der Waals surface area contributed by atoms with Crippen LogP contribution in [-0.2, 0) is 4.79 Å². The smallest absolute Gasteiger partial charge is 0.252 e. The maximum Gasteiger partial charge on any atom is 0.252 e. The molecule has 1 unspecified atom stereocenters. The van der Waals surface area contributed by atoms with Crippen molar-refractivity contribution in [2.75, 3.05) is 18.4 Å². The van der Waals surface area contributed by atoms with Crippen LogP contribution in [0.4, 0.5) is 5.69 Å². The molecule has 5 heteroatoms. The Kier molecular flexibility index (Phi) is 5.20. The molecule has 0 bridgehead atoms. The number of aryl methyl sites for hydroxylation is 1. The van der Waals surface area contributed by atoms with Crippen LogP contribution in [0.5, 0.6) is 0 Å². The Balaban J connectivity index is 2.03. The molecule has 5 nitrogen and oxygen atoms in total. The van der Waals surface area contributed by atoms with E-state index in [4.69, 9.17) is 0 Å². The van der Waals surface area contributed by atoms with Gasteiger partial charge >= 0.3 is 0 Å². The van der Waals surface area contributed by atoms with Gasteiger partial charge < -0.3 is 16.0 Å². The molecule has 0 aliphatic carbocycles. The van der Waals surface area contributed by atoms with Gasteiger partial charge in [0, 0.05) is 24.3 Å². The van der Waals surface area contributed by atoms with Gasteiger partial charge in [0.1, 0.15) is 6.04 Å². The van der Waals surface area contributed by atoms with Crippen LogP contribution < -0.4 is 16.0 Å². The zero-order valence-corrected chi connectivity index (χ0v) is 12.7. The van der Waals surface area contributed by atoms with E-state index in [9.17, 15) is 9.59 Å². The van der Waals surface area contributed by atoms with Crippen LogP contribution in [0.3, 0.4) is 0 Å². The summed E-state index contributed by atoms with van der Waals surface area (Å²) in [6, 6.07) is 5.26. The zero-order valence-electron chi connectivity index (χ0n) is 12.7. The van der Waals surface area contributed by atoms with Crippen LogP contribution in [-0.4, -0.2) is 30.9 Å². The SMILES string of the molecule is CCCNc1ccc(C(=O)NC2CCCNC2=O)c(C)c1. The lowest BCUT2D eigenvalue weighted by Crippen LogP contribution is -2.50. The summed E-state index contributed by atoms with van der Waals surface area (Å²) in [5.74, 6) is -0.273. The van der Waals surface area contributed by atoms with Gasteiger partial charge in [-0.2, -0.15) is 0 Å². The van der Waals surface area contributed by atoms with Crippen molar-refractivity contribution < 1.29 is 9.59 Å². The summed E-state index contributed by atoms with van der Waals surface area (Å²) in [6.45, 7) is 5.62. The Hall–Kier alpha value is -2.04. The van der Waals surface area contributed by atoms with Crippen LogP contribution in [0, 0.1) is 6.92 Å². The van der Waals surface area contributed by atoms with Gasteiger partial charge in [0.2, 0.25) is 5.91 Å². The Morgan fingerprint density at radius 2 is 2.24 bits per heavy atom. The summed E-state index contributed by atoms with van der Waals surface area (Å²) in [6.07, 6.45) is 2.65. The number of carbonyl (C=O) groups excluding carboxylic acids is 2. The highest BCUT2D eigenvalue weighted by atomic mass is 16.2. The third-order valence-corrected chi connectivity index (χ3v) is 3.64. The fourth-order valence-electron chi connectivity index (χ4n) is 2.44. The fourth-order valence-corrected chi connectivity index (χ4v) is 2.44. The molecule has 1 aromatic carbocycles. The van der Waals surface area contributed by atoms with Crippen molar-refractivity contribution in [1.29, 1.82) is 0 Å². The molecule has 0 aromatic heterocycles. The Labute approximate surface area is 125 Å². The number of hydrogen-bond donors (Lipinski definition) is 3. The fraction of sp³-hybridized carbons (Fsp3) is 0.500. The van der Waals surface area contributed by atoms with Crippen LogP contribution >= 0.6 is 0 Å². The average molecular weight is 289 g/mol. The second-order valence-electron chi connectivity index (χ2n) is 5.42. The zero-order chi connectivity index (χ0) is 15.2. The summed E-state index contributed by atoms with van der Waals surface area (Å²) in [5, 5.41) is 8.88. The van der Waals surface area contributed by atoms with Gasteiger partial charge in [0.05, 0.1) is 0 Å². The molecule has 21 heavy (non-hydrogen) atoms. The van der Waals surface area contributed by atoms with Crippen molar-refractivity contribution in [3.63, 3.8) is 0 Å². The summed E-state index contributed by atoms with van der Waals surface area (Å²) in [4.78, 5) is 24.0. The number of hydrogen-bond acceptors (Lipinski definition) is 3. The number of rotatable bonds is 5. The Bertz CT molecular complexity index is 528. The van der Waals surface area contributed by atoms with E-state index >= 15 is 0 Å². The van der Waals surface area contributed by atoms with Gasteiger partial charge in [0.25, 0.3) is 5.91 Å². The summed E-state index contributed by atoms with van der Waals surface area (Å²) >= 11 is 0. The van der Waals surface area contributed by atoms with Crippen molar-refractivity contribution in [2.24, 2.45) is 0 Å². The highest BCUT2D eigenvalue weighted by molar-refractivity contribution is 5.99. The van der Waals surface area contributed by atoms with Crippen molar-refractivity contribution in [1.82, 2.24) is 10.6 Å². The van der Waals surface area contributed by atoms with Crippen LogP contribution in [0.2, 0.25) is 0 Å². The highest BCUT2D eigenvalue weighted by Gasteiger charge is 2.24. The van der Waals surface area contributed by atoms with E-state index in [-0.39, 0.29) is 11.8 Å². The first-order valence-corrected chi connectivity index (χ1v) is 7.55. The summed E-state index contributed by atoms with van der Waals surface area (Å²) in [5.41, 5.74) is 2.54. The number of anilines is 1. The van der Waals surface area contributed by atoms with E-state index in [1.165, 1.54) is 0 Å². The van der Waals surface area contributed by atoms with Gasteiger partial charge in [-0.05, 0) is 49.9 Å². The van der Waals surface area contributed by atoms with E-state index in [1.54, 1.807) is 0 Å². The van der Waals surface area contributed by atoms with Crippen molar-refractivity contribution in [2.45, 2.75) is 39.2 Å². The monoisotopic (exact) mass is 289 g/mol. The molecule has 0 spiro atoms. The van der Waals surface area contributed by atoms with Crippen molar-refractivity contribution >= 4 is 17.5 Å². The Morgan fingerprint density at radius 3 is 2.90 bits per heavy atom. The van der Waals surface area contributed by atoms with Gasteiger partial charge in [0.15, 0.2) is 0 Å². The topological polar surface area (TPSA) is 70.2 Å². The third-order valence-electron chi connectivity index (χ3n) is 3.64. The second-order valence-corrected chi connectivity index (χ2v) is 5.42. The van der Waals surface area contributed by atoms with Crippen LogP contribution in [0.1, 0.15) is 42.1 Å². The van der Waals surface area contributed by atoms with Crippen LogP contribution in [0.15, 0.2) is 18.2 Å². The van der Waals surface area contributed by atoms with E-state index < -0.39 is 6.04 Å². The number of carbonyl (C=O) groups is 2. The number of piperidine rings is 1. The second kappa shape index (κ2) is 7.11. The molecule has 2 amide bonds. The molecule has 1 saturated heterocycles. The molecule has 1 heterocycles. The highest BCUT2D eigenvalue weighted by Crippen LogP contribution is 2.16. The maximum absolute atomic E-state index is 12.3. The number of benzene rings is 1. The molecule has 1 aliphatic heterocycles. The van der Waals surface area contributed by atoms with Gasteiger partial charge in [-0.3, -0.25) is 9.59 Å². The first-order valence-electron chi connectivity index (χ1n) is 7.55. The molecule has 1 atom stereocenters. The standard InChI is InChI=1S/C16H23N3O2/c1-3-8-17-12-6-7-13(11(2)10-12)15(20)19-14-5-4-9-18-16(14)21/h6-7,10,14,17H,3-5,8-9H2,1-2H3,(H,18,21)(H,19,20). The first kappa shape index (κ1) is 15.4. The molecule has 1 fully saturated rings. The molecule has 0 saturated carbocycles. The first-order chi connectivity index (χ1) is 10.1. The lowest BCUT2D eigenvalue weighted by Gasteiger charge is -2.23. The molecule has 0 radical (unpaired) electrons. The molecule has 114 valence electrons. The molecular weight excluding hydrogens is 266 g/mol. The lowest BCUT2D eigenvalue weighted by molar-refractivity contribution is -0.124. The van der Waals surface area contributed by atoms with E-state index in [2.05, 4.69) is 22.9 Å². The molecule has 1 aliphatic rings. The third kappa shape index (κ3) is 3.97. The average Bonchev–Trinajstić information content (AvgIpc) is 2.47. The van der Waals surface area contributed by atoms with E-state index in [1.807, 2.05) is 25.1 Å². The normalized spacial score (nSPS) is 18.0. The number of amides is 2. The lowest BCUT2D eigenvalue weighted by atomic mass is 10.0. The van der Waals surface area contributed by atoms with E-state index in [0.29, 0.717) is 18.5 Å². The minimum Gasteiger partial charge on any atom is -0.385 e. The van der Waals surface area contributed by atoms with Gasteiger partial charge in [-0.1, -0.05) is 6.92 Å². The van der Waals surface area contributed by atoms with Gasteiger partial charge in [-0.25, -0.2) is 0 Å². The maximum atomic E-state index is 12.3. The quantitative estimate of drug-likeness (QED) is 0.774. The predicted octanol–water partition coefficient (Wildman–Crippen LogP) is 1.83. The molecular formula is C16H23N3O2. The summed E-state index contributed by atoms with van der Waals surface area (Å²) < 4.78 is 0.